The van der Waals surface area contributed by atoms with E-state index in [0.29, 0.717) is 13.2 Å². The molecule has 1 fully saturated rings. The van der Waals surface area contributed by atoms with Crippen LogP contribution in [-0.2, 0) is 14.6 Å². The van der Waals surface area contributed by atoms with Crippen molar-refractivity contribution in [3.8, 4) is 0 Å². The van der Waals surface area contributed by atoms with Gasteiger partial charge in [-0.25, -0.2) is 12.8 Å². The minimum Gasteiger partial charge on any atom is -0.359 e. The molecule has 1 N–H and O–H groups in total. The Bertz CT molecular complexity index is 451. The summed E-state index contributed by atoms with van der Waals surface area (Å²) in [6.45, 7) is 1.28. The van der Waals surface area contributed by atoms with Crippen molar-refractivity contribution in [2.75, 3.05) is 19.7 Å². The SMILES string of the molecule is O=S(=O)(c1ccc(F)cc1)C1CNCCO1. The second kappa shape index (κ2) is 4.48. The van der Waals surface area contributed by atoms with Crippen molar-refractivity contribution in [2.24, 2.45) is 0 Å². The van der Waals surface area contributed by atoms with Gasteiger partial charge in [-0.15, -0.1) is 0 Å². The minimum atomic E-state index is -3.53. The van der Waals surface area contributed by atoms with Crippen molar-refractivity contribution in [3.05, 3.63) is 30.1 Å². The van der Waals surface area contributed by atoms with Crippen LogP contribution in [0.2, 0.25) is 0 Å². The van der Waals surface area contributed by atoms with Crippen molar-refractivity contribution in [3.63, 3.8) is 0 Å². The highest BCUT2D eigenvalue weighted by atomic mass is 32.2. The highest BCUT2D eigenvalue weighted by molar-refractivity contribution is 7.92. The summed E-state index contributed by atoms with van der Waals surface area (Å²) in [5.41, 5.74) is -0.883. The first-order valence-electron chi connectivity index (χ1n) is 4.92. The standard InChI is InChI=1S/C10H12FNO3S/c11-8-1-3-9(4-2-8)16(13,14)10-7-12-5-6-15-10/h1-4,10,12H,5-7H2. The van der Waals surface area contributed by atoms with Gasteiger partial charge in [0.05, 0.1) is 11.5 Å². The first-order valence-corrected chi connectivity index (χ1v) is 6.47. The predicted molar refractivity (Wildman–Crippen MR) is 56.2 cm³/mol. The highest BCUT2D eigenvalue weighted by Gasteiger charge is 2.29. The smallest absolute Gasteiger partial charge is 0.206 e. The van der Waals surface area contributed by atoms with E-state index in [4.69, 9.17) is 4.74 Å². The number of halogens is 1. The molecule has 1 atom stereocenters. The lowest BCUT2D eigenvalue weighted by atomic mass is 10.4. The molecule has 88 valence electrons. The molecule has 1 aromatic rings. The van der Waals surface area contributed by atoms with Crippen molar-refractivity contribution < 1.29 is 17.5 Å². The van der Waals surface area contributed by atoms with Gasteiger partial charge in [0.1, 0.15) is 5.82 Å². The molecule has 0 radical (unpaired) electrons. The zero-order chi connectivity index (χ0) is 11.6. The Hall–Kier alpha value is -0.980. The van der Waals surface area contributed by atoms with E-state index >= 15 is 0 Å². The molecular formula is C10H12FNO3S. The fourth-order valence-corrected chi connectivity index (χ4v) is 2.95. The Morgan fingerprint density at radius 2 is 2.00 bits per heavy atom. The molecule has 0 bridgehead atoms. The van der Waals surface area contributed by atoms with Gasteiger partial charge in [0.2, 0.25) is 9.84 Å². The van der Waals surface area contributed by atoms with Crippen LogP contribution in [0.4, 0.5) is 4.39 Å². The van der Waals surface area contributed by atoms with Crippen LogP contribution in [0.15, 0.2) is 29.2 Å². The van der Waals surface area contributed by atoms with Crippen LogP contribution in [0.3, 0.4) is 0 Å². The third-order valence-electron chi connectivity index (χ3n) is 2.38. The molecule has 1 aliphatic heterocycles. The first kappa shape index (κ1) is 11.5. The molecular weight excluding hydrogens is 233 g/mol. The van der Waals surface area contributed by atoms with E-state index < -0.39 is 21.1 Å². The van der Waals surface area contributed by atoms with Gasteiger partial charge in [0, 0.05) is 13.1 Å². The molecule has 0 aliphatic carbocycles. The number of ether oxygens (including phenoxy) is 1. The summed E-state index contributed by atoms with van der Waals surface area (Å²) in [5.74, 6) is -0.457. The third kappa shape index (κ3) is 2.23. The van der Waals surface area contributed by atoms with E-state index in [9.17, 15) is 12.8 Å². The van der Waals surface area contributed by atoms with Crippen molar-refractivity contribution in [1.82, 2.24) is 5.32 Å². The molecule has 0 saturated carbocycles. The molecule has 0 spiro atoms. The number of hydrogen-bond acceptors (Lipinski definition) is 4. The van der Waals surface area contributed by atoms with Crippen LogP contribution >= 0.6 is 0 Å². The van der Waals surface area contributed by atoms with E-state index in [1.54, 1.807) is 0 Å². The predicted octanol–water partition coefficient (Wildman–Crippen LogP) is 0.545. The molecule has 2 rings (SSSR count). The summed E-state index contributed by atoms with van der Waals surface area (Å²) in [4.78, 5) is 0.0857. The summed E-state index contributed by atoms with van der Waals surface area (Å²) < 4.78 is 41.9. The van der Waals surface area contributed by atoms with E-state index in [0.717, 1.165) is 12.1 Å². The fraction of sp³-hybridized carbons (Fsp3) is 0.400. The van der Waals surface area contributed by atoms with Crippen LogP contribution in [0, 0.1) is 5.82 Å². The van der Waals surface area contributed by atoms with Crippen molar-refractivity contribution in [2.45, 2.75) is 10.3 Å². The van der Waals surface area contributed by atoms with Crippen LogP contribution in [-0.4, -0.2) is 33.6 Å². The van der Waals surface area contributed by atoms with Crippen LogP contribution in [0.5, 0.6) is 0 Å². The number of hydrogen-bond donors (Lipinski definition) is 1. The number of sulfone groups is 1. The van der Waals surface area contributed by atoms with Crippen molar-refractivity contribution in [1.29, 1.82) is 0 Å². The van der Waals surface area contributed by atoms with Gasteiger partial charge in [0.25, 0.3) is 0 Å². The average molecular weight is 245 g/mol. The van der Waals surface area contributed by atoms with Crippen molar-refractivity contribution >= 4 is 9.84 Å². The lowest BCUT2D eigenvalue weighted by molar-refractivity contribution is 0.0785. The van der Waals surface area contributed by atoms with Crippen LogP contribution in [0.1, 0.15) is 0 Å². The maximum atomic E-state index is 12.7. The maximum Gasteiger partial charge on any atom is 0.206 e. The van der Waals surface area contributed by atoms with Crippen LogP contribution < -0.4 is 5.32 Å². The largest absolute Gasteiger partial charge is 0.359 e. The quantitative estimate of drug-likeness (QED) is 0.773. The molecule has 1 heterocycles. The summed E-state index contributed by atoms with van der Waals surface area (Å²) in [7, 11) is -3.53. The van der Waals surface area contributed by atoms with Gasteiger partial charge in [-0.3, -0.25) is 0 Å². The molecule has 0 amide bonds. The first-order chi connectivity index (χ1) is 7.60. The van der Waals surface area contributed by atoms with E-state index in [2.05, 4.69) is 5.32 Å². The number of benzene rings is 1. The lowest BCUT2D eigenvalue weighted by Gasteiger charge is -2.23. The van der Waals surface area contributed by atoms with Gasteiger partial charge < -0.3 is 10.1 Å². The maximum absolute atomic E-state index is 12.7. The number of nitrogens with one attached hydrogen (secondary N) is 1. The second-order valence-corrected chi connectivity index (χ2v) is 5.59. The lowest BCUT2D eigenvalue weighted by Crippen LogP contribution is -2.42. The molecule has 1 unspecified atom stereocenters. The van der Waals surface area contributed by atoms with Gasteiger partial charge in [-0.05, 0) is 24.3 Å². The summed E-state index contributed by atoms with van der Waals surface area (Å²) >= 11 is 0. The zero-order valence-corrected chi connectivity index (χ0v) is 9.34. The van der Waals surface area contributed by atoms with E-state index in [1.807, 2.05) is 0 Å². The van der Waals surface area contributed by atoms with E-state index in [1.165, 1.54) is 12.1 Å². The van der Waals surface area contributed by atoms with Gasteiger partial charge >= 0.3 is 0 Å². The van der Waals surface area contributed by atoms with E-state index in [-0.39, 0.29) is 11.4 Å². The summed E-state index contributed by atoms with van der Waals surface area (Å²) in [6.07, 6.45) is 0. The Morgan fingerprint density at radius 3 is 2.56 bits per heavy atom. The number of rotatable bonds is 2. The average Bonchev–Trinajstić information content (AvgIpc) is 2.31. The molecule has 1 aromatic carbocycles. The third-order valence-corrected chi connectivity index (χ3v) is 4.31. The summed E-state index contributed by atoms with van der Waals surface area (Å²) in [6, 6.07) is 4.76. The fourth-order valence-electron chi connectivity index (χ4n) is 1.52. The Kier molecular flexibility index (Phi) is 3.22. The Balaban J connectivity index is 2.27. The molecule has 16 heavy (non-hydrogen) atoms. The highest BCUT2D eigenvalue weighted by Crippen LogP contribution is 2.18. The van der Waals surface area contributed by atoms with Crippen LogP contribution in [0.25, 0.3) is 0 Å². The second-order valence-electron chi connectivity index (χ2n) is 3.50. The molecule has 1 aliphatic rings. The molecule has 0 aromatic heterocycles. The summed E-state index contributed by atoms with van der Waals surface area (Å²) in [5, 5.41) is 2.94. The monoisotopic (exact) mass is 245 g/mol. The topological polar surface area (TPSA) is 55.4 Å². The molecule has 1 saturated heterocycles. The van der Waals surface area contributed by atoms with Gasteiger partial charge in [0.15, 0.2) is 5.44 Å². The zero-order valence-electron chi connectivity index (χ0n) is 8.52. The number of morpholine rings is 1. The molecule has 4 nitrogen and oxygen atoms in total. The Labute approximate surface area is 93.3 Å². The van der Waals surface area contributed by atoms with Gasteiger partial charge in [-0.1, -0.05) is 0 Å². The Morgan fingerprint density at radius 1 is 1.31 bits per heavy atom. The minimum absolute atomic E-state index is 0.0857. The normalized spacial score (nSPS) is 21.9. The van der Waals surface area contributed by atoms with Gasteiger partial charge in [-0.2, -0.15) is 0 Å². The molecule has 6 heteroatoms.